The van der Waals surface area contributed by atoms with E-state index >= 15 is 0 Å². The Morgan fingerprint density at radius 2 is 2.00 bits per heavy atom. The summed E-state index contributed by atoms with van der Waals surface area (Å²) in [7, 11) is 0. The Balaban J connectivity index is 2.23. The monoisotopic (exact) mass is 267 g/mol. The van der Waals surface area contributed by atoms with Gasteiger partial charge in [0.2, 0.25) is 0 Å². The summed E-state index contributed by atoms with van der Waals surface area (Å²) in [5.74, 6) is 0.660. The van der Waals surface area contributed by atoms with Crippen molar-refractivity contribution in [3.63, 3.8) is 0 Å². The first kappa shape index (κ1) is 14.1. The standard InChI is InChI=1S/C17H17NO2/c1-12-7-8-16(13(2)19)17(9-12)20-11-15-6-4-3-5-14(15)10-18/h3-9,13,19H,11H2,1-2H3/t13-/m0/s1. The maximum Gasteiger partial charge on any atom is 0.125 e. The van der Waals surface area contributed by atoms with E-state index in [2.05, 4.69) is 6.07 Å². The number of aryl methyl sites for hydroxylation is 1. The molecule has 1 N–H and O–H groups in total. The minimum Gasteiger partial charge on any atom is -0.488 e. The van der Waals surface area contributed by atoms with Gasteiger partial charge in [-0.1, -0.05) is 30.3 Å². The van der Waals surface area contributed by atoms with Crippen LogP contribution in [0.15, 0.2) is 42.5 Å². The van der Waals surface area contributed by atoms with Crippen molar-refractivity contribution in [1.29, 1.82) is 5.26 Å². The van der Waals surface area contributed by atoms with Crippen LogP contribution in [-0.4, -0.2) is 5.11 Å². The number of aliphatic hydroxyl groups is 1. The van der Waals surface area contributed by atoms with E-state index in [4.69, 9.17) is 10.00 Å². The third kappa shape index (κ3) is 3.17. The Labute approximate surface area is 119 Å². The van der Waals surface area contributed by atoms with Crippen molar-refractivity contribution in [2.24, 2.45) is 0 Å². The summed E-state index contributed by atoms with van der Waals surface area (Å²) < 4.78 is 5.80. The summed E-state index contributed by atoms with van der Waals surface area (Å²) in [6, 6.07) is 15.2. The number of hydrogen-bond acceptors (Lipinski definition) is 3. The molecule has 3 heteroatoms. The van der Waals surface area contributed by atoms with Crippen LogP contribution < -0.4 is 4.74 Å². The number of aliphatic hydroxyl groups excluding tert-OH is 1. The molecule has 2 aromatic carbocycles. The second-order valence-corrected chi connectivity index (χ2v) is 4.77. The summed E-state index contributed by atoms with van der Waals surface area (Å²) in [6.07, 6.45) is -0.586. The van der Waals surface area contributed by atoms with Gasteiger partial charge in [-0.25, -0.2) is 0 Å². The average molecular weight is 267 g/mol. The summed E-state index contributed by atoms with van der Waals surface area (Å²) >= 11 is 0. The SMILES string of the molecule is Cc1ccc([C@H](C)O)c(OCc2ccccc2C#N)c1. The predicted molar refractivity (Wildman–Crippen MR) is 77.3 cm³/mol. The van der Waals surface area contributed by atoms with Crippen molar-refractivity contribution >= 4 is 0 Å². The first-order valence-corrected chi connectivity index (χ1v) is 6.51. The molecule has 0 spiro atoms. The molecule has 0 aliphatic carbocycles. The smallest absolute Gasteiger partial charge is 0.125 e. The molecule has 0 amide bonds. The van der Waals surface area contributed by atoms with Crippen LogP contribution in [0.1, 0.15) is 35.3 Å². The summed E-state index contributed by atoms with van der Waals surface area (Å²) in [5.41, 5.74) is 3.27. The highest BCUT2D eigenvalue weighted by Gasteiger charge is 2.10. The quantitative estimate of drug-likeness (QED) is 0.922. The molecule has 0 radical (unpaired) electrons. The van der Waals surface area contributed by atoms with Gasteiger partial charge in [-0.2, -0.15) is 5.26 Å². The third-order valence-electron chi connectivity index (χ3n) is 3.14. The molecule has 2 aromatic rings. The number of hydrogen-bond donors (Lipinski definition) is 1. The molecular formula is C17H17NO2. The molecule has 0 unspecified atom stereocenters. The highest BCUT2D eigenvalue weighted by molar-refractivity contribution is 5.40. The first-order chi connectivity index (χ1) is 9.61. The largest absolute Gasteiger partial charge is 0.488 e. The van der Waals surface area contributed by atoms with Gasteiger partial charge in [0, 0.05) is 11.1 Å². The van der Waals surface area contributed by atoms with E-state index in [1.807, 2.05) is 43.3 Å². The molecule has 1 atom stereocenters. The van der Waals surface area contributed by atoms with Crippen LogP contribution in [0, 0.1) is 18.3 Å². The number of ether oxygens (including phenoxy) is 1. The van der Waals surface area contributed by atoms with Gasteiger partial charge in [-0.15, -0.1) is 0 Å². The molecule has 20 heavy (non-hydrogen) atoms. The van der Waals surface area contributed by atoms with Crippen LogP contribution in [0.3, 0.4) is 0 Å². The fourth-order valence-corrected chi connectivity index (χ4v) is 2.02. The topological polar surface area (TPSA) is 53.2 Å². The normalized spacial score (nSPS) is 11.7. The zero-order chi connectivity index (χ0) is 14.5. The van der Waals surface area contributed by atoms with E-state index < -0.39 is 6.10 Å². The van der Waals surface area contributed by atoms with Crippen LogP contribution in [0.2, 0.25) is 0 Å². The lowest BCUT2D eigenvalue weighted by atomic mass is 10.1. The van der Waals surface area contributed by atoms with Gasteiger partial charge in [0.25, 0.3) is 0 Å². The van der Waals surface area contributed by atoms with Crippen LogP contribution in [0.25, 0.3) is 0 Å². The molecule has 2 rings (SSSR count). The highest BCUT2D eigenvalue weighted by Crippen LogP contribution is 2.27. The summed E-state index contributed by atoms with van der Waals surface area (Å²) in [4.78, 5) is 0. The second kappa shape index (κ2) is 6.23. The predicted octanol–water partition coefficient (Wildman–Crippen LogP) is 3.50. The van der Waals surface area contributed by atoms with Gasteiger partial charge in [0.05, 0.1) is 17.7 Å². The summed E-state index contributed by atoms with van der Waals surface area (Å²) in [5, 5.41) is 18.8. The average Bonchev–Trinajstić information content (AvgIpc) is 2.45. The number of nitrogens with zero attached hydrogens (tertiary/aromatic N) is 1. The van der Waals surface area contributed by atoms with E-state index in [9.17, 15) is 5.11 Å². The Bertz CT molecular complexity index is 642. The van der Waals surface area contributed by atoms with Gasteiger partial charge < -0.3 is 9.84 Å². The van der Waals surface area contributed by atoms with E-state index in [1.165, 1.54) is 0 Å². The molecule has 0 heterocycles. The molecule has 0 bridgehead atoms. The summed E-state index contributed by atoms with van der Waals surface area (Å²) in [6.45, 7) is 4.00. The molecule has 0 aliphatic rings. The maximum absolute atomic E-state index is 9.76. The van der Waals surface area contributed by atoms with E-state index in [0.717, 1.165) is 16.7 Å². The number of nitriles is 1. The molecule has 0 fully saturated rings. The molecule has 0 saturated carbocycles. The highest BCUT2D eigenvalue weighted by atomic mass is 16.5. The Morgan fingerprint density at radius 3 is 2.70 bits per heavy atom. The molecule has 102 valence electrons. The third-order valence-corrected chi connectivity index (χ3v) is 3.14. The minimum atomic E-state index is -0.586. The van der Waals surface area contributed by atoms with Gasteiger partial charge in [0.1, 0.15) is 12.4 Å². The number of rotatable bonds is 4. The van der Waals surface area contributed by atoms with Crippen molar-refractivity contribution < 1.29 is 9.84 Å². The van der Waals surface area contributed by atoms with Crippen molar-refractivity contribution in [3.8, 4) is 11.8 Å². The second-order valence-electron chi connectivity index (χ2n) is 4.77. The fraction of sp³-hybridized carbons (Fsp3) is 0.235. The van der Waals surface area contributed by atoms with Crippen molar-refractivity contribution in [2.45, 2.75) is 26.6 Å². The fourth-order valence-electron chi connectivity index (χ4n) is 2.02. The van der Waals surface area contributed by atoms with E-state index in [0.29, 0.717) is 17.9 Å². The molecule has 0 aliphatic heterocycles. The van der Waals surface area contributed by atoms with Gasteiger partial charge >= 0.3 is 0 Å². The van der Waals surface area contributed by atoms with Crippen LogP contribution in [0.5, 0.6) is 5.75 Å². The minimum absolute atomic E-state index is 0.312. The number of benzene rings is 2. The van der Waals surface area contributed by atoms with Gasteiger partial charge in [-0.05, 0) is 31.5 Å². The Kier molecular flexibility index (Phi) is 4.39. The van der Waals surface area contributed by atoms with Crippen LogP contribution in [-0.2, 0) is 6.61 Å². The Morgan fingerprint density at radius 1 is 1.25 bits per heavy atom. The zero-order valence-electron chi connectivity index (χ0n) is 11.6. The van der Waals surface area contributed by atoms with E-state index in [-0.39, 0.29) is 0 Å². The molecule has 0 aromatic heterocycles. The first-order valence-electron chi connectivity index (χ1n) is 6.51. The van der Waals surface area contributed by atoms with Crippen LogP contribution >= 0.6 is 0 Å². The Hall–Kier alpha value is -2.31. The maximum atomic E-state index is 9.76. The van der Waals surface area contributed by atoms with Gasteiger partial charge in [0.15, 0.2) is 0 Å². The molecule has 0 saturated heterocycles. The van der Waals surface area contributed by atoms with Crippen molar-refractivity contribution in [3.05, 3.63) is 64.7 Å². The lowest BCUT2D eigenvalue weighted by molar-refractivity contribution is 0.190. The zero-order valence-corrected chi connectivity index (χ0v) is 11.6. The van der Waals surface area contributed by atoms with Crippen LogP contribution in [0.4, 0.5) is 0 Å². The van der Waals surface area contributed by atoms with Gasteiger partial charge in [-0.3, -0.25) is 0 Å². The molecular weight excluding hydrogens is 250 g/mol. The lowest BCUT2D eigenvalue weighted by Crippen LogP contribution is -2.02. The lowest BCUT2D eigenvalue weighted by Gasteiger charge is -2.14. The van der Waals surface area contributed by atoms with Crippen molar-refractivity contribution in [1.82, 2.24) is 0 Å². The van der Waals surface area contributed by atoms with Crippen molar-refractivity contribution in [2.75, 3.05) is 0 Å². The molecule has 3 nitrogen and oxygen atoms in total. The van der Waals surface area contributed by atoms with E-state index in [1.54, 1.807) is 13.0 Å².